The van der Waals surface area contributed by atoms with Crippen LogP contribution < -0.4 is 4.72 Å². The fourth-order valence-corrected chi connectivity index (χ4v) is 2.58. The Morgan fingerprint density at radius 1 is 1.40 bits per heavy atom. The van der Waals surface area contributed by atoms with Crippen molar-refractivity contribution in [1.82, 2.24) is 4.72 Å². The molecule has 0 heterocycles. The minimum atomic E-state index is -3.21. The molecule has 0 saturated carbocycles. The van der Waals surface area contributed by atoms with E-state index in [2.05, 4.69) is 4.72 Å². The van der Waals surface area contributed by atoms with Gasteiger partial charge in [0.15, 0.2) is 0 Å². The van der Waals surface area contributed by atoms with Gasteiger partial charge in [0.1, 0.15) is 0 Å². The maximum absolute atomic E-state index is 11.4. The average molecular weight is 258 g/mol. The van der Waals surface area contributed by atoms with Crippen LogP contribution in [-0.2, 0) is 10.0 Å². The van der Waals surface area contributed by atoms with Crippen LogP contribution in [-0.4, -0.2) is 38.3 Å². The highest BCUT2D eigenvalue weighted by Crippen LogP contribution is 2.18. The third-order valence-corrected chi connectivity index (χ3v) is 3.78. The molecule has 2 N–H and O–H groups in total. The first-order chi connectivity index (χ1) is 6.83. The number of hydrogen-bond donors (Lipinski definition) is 2. The largest absolute Gasteiger partial charge is 0.396 e. The Morgan fingerprint density at radius 3 is 2.47 bits per heavy atom. The quantitative estimate of drug-likeness (QED) is 0.636. The van der Waals surface area contributed by atoms with Crippen LogP contribution in [0.3, 0.4) is 0 Å². The molecular formula is C9H20ClNO3S. The maximum Gasteiger partial charge on any atom is 0.211 e. The van der Waals surface area contributed by atoms with E-state index in [4.69, 9.17) is 16.7 Å². The molecule has 0 amide bonds. The lowest BCUT2D eigenvalue weighted by Gasteiger charge is -2.23. The van der Waals surface area contributed by atoms with E-state index in [0.29, 0.717) is 25.3 Å². The molecule has 0 atom stereocenters. The molecule has 0 aliphatic rings. The maximum atomic E-state index is 11.4. The van der Waals surface area contributed by atoms with E-state index < -0.39 is 10.0 Å². The second-order valence-electron chi connectivity index (χ2n) is 4.32. The lowest BCUT2D eigenvalue weighted by atomic mass is 9.90. The molecule has 0 aliphatic heterocycles. The summed E-state index contributed by atoms with van der Waals surface area (Å²) in [5, 5.41) is 8.78. The van der Waals surface area contributed by atoms with Crippen molar-refractivity contribution in [2.24, 2.45) is 5.41 Å². The van der Waals surface area contributed by atoms with Gasteiger partial charge in [-0.1, -0.05) is 13.8 Å². The Kier molecular flexibility index (Phi) is 6.75. The zero-order valence-corrected chi connectivity index (χ0v) is 10.9. The molecule has 0 aromatic carbocycles. The molecule has 0 fully saturated rings. The first kappa shape index (κ1) is 15.2. The lowest BCUT2D eigenvalue weighted by Crippen LogP contribution is -2.35. The van der Waals surface area contributed by atoms with Gasteiger partial charge in [0.2, 0.25) is 10.0 Å². The molecular weight excluding hydrogens is 238 g/mol. The predicted octanol–water partition coefficient (Wildman–Crippen LogP) is 0.943. The Hall–Kier alpha value is 0.160. The van der Waals surface area contributed by atoms with Crippen molar-refractivity contribution in [3.05, 3.63) is 0 Å². The molecule has 0 radical (unpaired) electrons. The van der Waals surface area contributed by atoms with Gasteiger partial charge in [0.05, 0.1) is 5.75 Å². The van der Waals surface area contributed by atoms with E-state index in [-0.39, 0.29) is 17.8 Å². The summed E-state index contributed by atoms with van der Waals surface area (Å²) in [6.07, 6.45) is 1.03. The SMILES string of the molecule is CC(C)(CCO)CNS(=O)(=O)CCCCl. The molecule has 0 saturated heterocycles. The minimum absolute atomic E-state index is 0.0612. The molecule has 0 bridgehead atoms. The summed E-state index contributed by atoms with van der Waals surface area (Å²) in [5.74, 6) is 0.409. The number of hydrogen-bond acceptors (Lipinski definition) is 3. The van der Waals surface area contributed by atoms with Crippen LogP contribution in [0.25, 0.3) is 0 Å². The second-order valence-corrected chi connectivity index (χ2v) is 6.62. The number of alkyl halides is 1. The molecule has 0 aromatic heterocycles. The average Bonchev–Trinajstić information content (AvgIpc) is 2.12. The molecule has 4 nitrogen and oxygen atoms in total. The molecule has 0 unspecified atom stereocenters. The van der Waals surface area contributed by atoms with E-state index in [9.17, 15) is 8.42 Å². The normalized spacial score (nSPS) is 13.1. The Bertz CT molecular complexity index is 265. The highest BCUT2D eigenvalue weighted by atomic mass is 35.5. The van der Waals surface area contributed by atoms with Crippen LogP contribution in [0, 0.1) is 5.41 Å². The lowest BCUT2D eigenvalue weighted by molar-refractivity contribution is 0.213. The number of aliphatic hydroxyl groups excluding tert-OH is 1. The van der Waals surface area contributed by atoms with Gasteiger partial charge in [0, 0.05) is 19.0 Å². The van der Waals surface area contributed by atoms with Crippen LogP contribution in [0.15, 0.2) is 0 Å². The number of rotatable bonds is 8. The first-order valence-electron chi connectivity index (χ1n) is 4.97. The van der Waals surface area contributed by atoms with Gasteiger partial charge >= 0.3 is 0 Å². The topological polar surface area (TPSA) is 66.4 Å². The van der Waals surface area contributed by atoms with E-state index in [1.54, 1.807) is 0 Å². The predicted molar refractivity (Wildman–Crippen MR) is 62.6 cm³/mol. The molecule has 0 rings (SSSR count). The van der Waals surface area contributed by atoms with Gasteiger partial charge < -0.3 is 5.11 Å². The Morgan fingerprint density at radius 2 is 2.00 bits per heavy atom. The molecule has 92 valence electrons. The van der Waals surface area contributed by atoms with Crippen molar-refractivity contribution in [1.29, 1.82) is 0 Å². The van der Waals surface area contributed by atoms with Gasteiger partial charge in [-0.3, -0.25) is 0 Å². The standard InChI is InChI=1S/C9H20ClNO3S/c1-9(2,4-6-12)8-11-15(13,14)7-3-5-10/h11-12H,3-8H2,1-2H3. The number of nitrogens with one attached hydrogen (secondary N) is 1. The summed E-state index contributed by atoms with van der Waals surface area (Å²) in [7, 11) is -3.21. The van der Waals surface area contributed by atoms with Crippen LogP contribution in [0.5, 0.6) is 0 Å². The summed E-state index contributed by atoms with van der Waals surface area (Å²) in [5.41, 5.74) is -0.219. The van der Waals surface area contributed by atoms with Crippen molar-refractivity contribution in [3.63, 3.8) is 0 Å². The summed E-state index contributed by atoms with van der Waals surface area (Å²) >= 11 is 5.42. The molecule has 6 heteroatoms. The minimum Gasteiger partial charge on any atom is -0.396 e. The molecule has 0 aromatic rings. The second kappa shape index (κ2) is 6.68. The van der Waals surface area contributed by atoms with Crippen LogP contribution in [0.1, 0.15) is 26.7 Å². The van der Waals surface area contributed by atoms with Crippen molar-refractivity contribution in [2.45, 2.75) is 26.7 Å². The molecule has 15 heavy (non-hydrogen) atoms. The summed E-state index contributed by atoms with van der Waals surface area (Å²) < 4.78 is 25.3. The number of aliphatic hydroxyl groups is 1. The van der Waals surface area contributed by atoms with Gasteiger partial charge in [-0.2, -0.15) is 0 Å². The van der Waals surface area contributed by atoms with Crippen LogP contribution >= 0.6 is 11.6 Å². The van der Waals surface area contributed by atoms with Crippen molar-refractivity contribution in [2.75, 3.05) is 24.8 Å². The Labute approximate surface area is 97.1 Å². The van der Waals surface area contributed by atoms with Gasteiger partial charge in [-0.05, 0) is 18.3 Å². The highest BCUT2D eigenvalue weighted by molar-refractivity contribution is 7.89. The van der Waals surface area contributed by atoms with E-state index in [1.165, 1.54) is 0 Å². The van der Waals surface area contributed by atoms with Crippen molar-refractivity contribution in [3.8, 4) is 0 Å². The number of halogens is 1. The summed E-state index contributed by atoms with van der Waals surface area (Å²) in [4.78, 5) is 0. The zero-order chi connectivity index (χ0) is 11.9. The number of sulfonamides is 1. The fourth-order valence-electron chi connectivity index (χ4n) is 1.01. The third kappa shape index (κ3) is 8.02. The molecule has 0 aliphatic carbocycles. The van der Waals surface area contributed by atoms with Gasteiger partial charge in [0.25, 0.3) is 0 Å². The fraction of sp³-hybridized carbons (Fsp3) is 1.00. The monoisotopic (exact) mass is 257 g/mol. The molecule has 0 spiro atoms. The van der Waals surface area contributed by atoms with E-state index >= 15 is 0 Å². The zero-order valence-electron chi connectivity index (χ0n) is 9.29. The van der Waals surface area contributed by atoms with Crippen molar-refractivity contribution < 1.29 is 13.5 Å². The van der Waals surface area contributed by atoms with E-state index in [0.717, 1.165) is 0 Å². The van der Waals surface area contributed by atoms with Gasteiger partial charge in [-0.15, -0.1) is 11.6 Å². The summed E-state index contributed by atoms with van der Waals surface area (Å²) in [6, 6.07) is 0. The van der Waals surface area contributed by atoms with Crippen LogP contribution in [0.4, 0.5) is 0 Å². The van der Waals surface area contributed by atoms with Crippen molar-refractivity contribution >= 4 is 21.6 Å². The van der Waals surface area contributed by atoms with Gasteiger partial charge in [-0.25, -0.2) is 13.1 Å². The van der Waals surface area contributed by atoms with E-state index in [1.807, 2.05) is 13.8 Å². The van der Waals surface area contributed by atoms with Crippen LogP contribution in [0.2, 0.25) is 0 Å². The summed E-state index contributed by atoms with van der Waals surface area (Å²) in [6.45, 7) is 4.23. The first-order valence-corrected chi connectivity index (χ1v) is 7.16. The Balaban J connectivity index is 4.02. The highest BCUT2D eigenvalue weighted by Gasteiger charge is 2.20. The smallest absolute Gasteiger partial charge is 0.211 e. The third-order valence-electron chi connectivity index (χ3n) is 2.11.